The van der Waals surface area contributed by atoms with Crippen LogP contribution in [0.25, 0.3) is 0 Å². The number of rotatable bonds is 3. The number of carbonyl (C=O) groups excluding carboxylic acids is 2. The summed E-state index contributed by atoms with van der Waals surface area (Å²) in [5.74, 6) is 0.148. The molecule has 2 fully saturated rings. The molecular weight excluding hydrogens is 278 g/mol. The number of hydrogen-bond acceptors (Lipinski definition) is 2. The van der Waals surface area contributed by atoms with Crippen LogP contribution in [-0.4, -0.2) is 18.0 Å². The van der Waals surface area contributed by atoms with Crippen molar-refractivity contribution >= 4 is 11.9 Å². The molecule has 2 atom stereocenters. The van der Waals surface area contributed by atoms with Gasteiger partial charge in [0.25, 0.3) is 0 Å². The van der Waals surface area contributed by atoms with Crippen LogP contribution in [0.2, 0.25) is 0 Å². The second-order valence-electron chi connectivity index (χ2n) is 6.28. The predicted octanol–water partition coefficient (Wildman–Crippen LogP) is 2.45. The predicted molar refractivity (Wildman–Crippen MR) is 84.0 cm³/mol. The van der Waals surface area contributed by atoms with Crippen LogP contribution >= 0.6 is 0 Å². The molecule has 0 aliphatic heterocycles. The highest BCUT2D eigenvalue weighted by atomic mass is 16.2. The zero-order chi connectivity index (χ0) is 15.4. The molecule has 0 radical (unpaired) electrons. The third-order valence-corrected chi connectivity index (χ3v) is 4.59. The Morgan fingerprint density at radius 2 is 1.68 bits per heavy atom. The monoisotopic (exact) mass is 301 g/mol. The Balaban J connectivity index is 1.39. The molecule has 2 saturated carbocycles. The summed E-state index contributed by atoms with van der Waals surface area (Å²) in [5.41, 5.74) is 6.20. The van der Waals surface area contributed by atoms with Gasteiger partial charge in [0, 0.05) is 12.0 Å². The topological polar surface area (TPSA) is 70.2 Å². The van der Waals surface area contributed by atoms with E-state index in [1.807, 2.05) is 30.3 Å². The molecule has 0 aromatic heterocycles. The minimum Gasteiger partial charge on any atom is -0.334 e. The second kappa shape index (κ2) is 6.81. The number of benzene rings is 1. The van der Waals surface area contributed by atoms with Crippen LogP contribution < -0.4 is 16.2 Å². The molecule has 2 aliphatic carbocycles. The third kappa shape index (κ3) is 3.78. The van der Waals surface area contributed by atoms with E-state index in [0.29, 0.717) is 0 Å². The fraction of sp³-hybridized carbons (Fsp3) is 0.529. The van der Waals surface area contributed by atoms with Gasteiger partial charge in [-0.05, 0) is 30.7 Å². The van der Waals surface area contributed by atoms with Gasteiger partial charge >= 0.3 is 6.03 Å². The maximum absolute atomic E-state index is 12.0. The van der Waals surface area contributed by atoms with Gasteiger partial charge in [0.05, 0.1) is 0 Å². The Kier molecular flexibility index (Phi) is 4.61. The van der Waals surface area contributed by atoms with E-state index in [-0.39, 0.29) is 29.8 Å². The van der Waals surface area contributed by atoms with Crippen molar-refractivity contribution in [3.63, 3.8) is 0 Å². The van der Waals surface area contributed by atoms with Crippen molar-refractivity contribution in [2.75, 3.05) is 0 Å². The summed E-state index contributed by atoms with van der Waals surface area (Å²) in [6.07, 6.45) is 6.48. The number of urea groups is 1. The smallest absolute Gasteiger partial charge is 0.333 e. The van der Waals surface area contributed by atoms with E-state index in [2.05, 4.69) is 16.2 Å². The molecule has 3 amide bonds. The summed E-state index contributed by atoms with van der Waals surface area (Å²) < 4.78 is 0. The molecule has 0 saturated heterocycles. The highest BCUT2D eigenvalue weighted by molar-refractivity contribution is 5.85. The SMILES string of the molecule is O=C(NNC(=O)[C@H]1C[C@H]1c1ccccc1)NC1CCCCC1. The molecule has 0 unspecified atom stereocenters. The minimum absolute atomic E-state index is 0.0302. The summed E-state index contributed by atoms with van der Waals surface area (Å²) in [6, 6.07) is 9.96. The van der Waals surface area contributed by atoms with Crippen LogP contribution in [0.15, 0.2) is 30.3 Å². The van der Waals surface area contributed by atoms with Gasteiger partial charge in [-0.25, -0.2) is 10.2 Å². The fourth-order valence-corrected chi connectivity index (χ4v) is 3.23. The van der Waals surface area contributed by atoms with Crippen LogP contribution in [0.4, 0.5) is 4.79 Å². The minimum atomic E-state index is -0.308. The lowest BCUT2D eigenvalue weighted by Crippen LogP contribution is -2.50. The average molecular weight is 301 g/mol. The second-order valence-corrected chi connectivity index (χ2v) is 6.28. The molecule has 0 bridgehead atoms. The number of hydrogen-bond donors (Lipinski definition) is 3. The van der Waals surface area contributed by atoms with Crippen molar-refractivity contribution in [3.8, 4) is 0 Å². The Hall–Kier alpha value is -2.04. The maximum atomic E-state index is 12.0. The van der Waals surface area contributed by atoms with E-state index in [1.54, 1.807) is 0 Å². The van der Waals surface area contributed by atoms with E-state index >= 15 is 0 Å². The molecule has 5 heteroatoms. The maximum Gasteiger partial charge on any atom is 0.333 e. The zero-order valence-corrected chi connectivity index (χ0v) is 12.7. The Bertz CT molecular complexity index is 526. The molecule has 3 rings (SSSR count). The lowest BCUT2D eigenvalue weighted by molar-refractivity contribution is -0.123. The van der Waals surface area contributed by atoms with Gasteiger partial charge in [0.15, 0.2) is 0 Å². The first-order valence-corrected chi connectivity index (χ1v) is 8.15. The standard InChI is InChI=1S/C17H23N3O2/c21-16(15-11-14(15)12-7-3-1-4-8-12)19-20-17(22)18-13-9-5-2-6-10-13/h1,3-4,7-8,13-15H,2,5-6,9-11H2,(H,19,21)(H2,18,20,22)/t14-,15-/m0/s1. The van der Waals surface area contributed by atoms with Crippen LogP contribution in [0, 0.1) is 5.92 Å². The molecular formula is C17H23N3O2. The summed E-state index contributed by atoms with van der Waals surface area (Å²) in [7, 11) is 0. The largest absolute Gasteiger partial charge is 0.334 e. The number of amides is 3. The van der Waals surface area contributed by atoms with E-state index in [1.165, 1.54) is 12.0 Å². The van der Waals surface area contributed by atoms with Crippen molar-refractivity contribution in [2.45, 2.75) is 50.5 Å². The van der Waals surface area contributed by atoms with Gasteiger partial charge in [0.1, 0.15) is 0 Å². The van der Waals surface area contributed by atoms with Gasteiger partial charge < -0.3 is 5.32 Å². The first-order chi connectivity index (χ1) is 10.7. The molecule has 2 aliphatic rings. The first kappa shape index (κ1) is 14.9. The third-order valence-electron chi connectivity index (χ3n) is 4.59. The normalized spacial score (nSPS) is 24.4. The Morgan fingerprint density at radius 1 is 0.955 bits per heavy atom. The van der Waals surface area contributed by atoms with E-state index in [4.69, 9.17) is 0 Å². The van der Waals surface area contributed by atoms with Gasteiger partial charge in [-0.3, -0.25) is 10.2 Å². The molecule has 3 N–H and O–H groups in total. The molecule has 1 aromatic rings. The van der Waals surface area contributed by atoms with Crippen LogP contribution in [0.5, 0.6) is 0 Å². The molecule has 0 heterocycles. The fourth-order valence-electron chi connectivity index (χ4n) is 3.23. The molecule has 1 aromatic carbocycles. The number of nitrogens with one attached hydrogen (secondary N) is 3. The highest BCUT2D eigenvalue weighted by Gasteiger charge is 2.43. The number of hydrazine groups is 1. The summed E-state index contributed by atoms with van der Waals surface area (Å²) >= 11 is 0. The van der Waals surface area contributed by atoms with Gasteiger partial charge in [-0.15, -0.1) is 0 Å². The zero-order valence-electron chi connectivity index (χ0n) is 12.7. The first-order valence-electron chi connectivity index (χ1n) is 8.15. The van der Waals surface area contributed by atoms with Crippen molar-refractivity contribution in [3.05, 3.63) is 35.9 Å². The highest BCUT2D eigenvalue weighted by Crippen LogP contribution is 2.47. The van der Waals surface area contributed by atoms with E-state index in [9.17, 15) is 9.59 Å². The van der Waals surface area contributed by atoms with Gasteiger partial charge in [-0.2, -0.15) is 0 Å². The Labute approximate surface area is 130 Å². The van der Waals surface area contributed by atoms with Crippen LogP contribution in [0.1, 0.15) is 50.0 Å². The van der Waals surface area contributed by atoms with Crippen LogP contribution in [0.3, 0.4) is 0 Å². The van der Waals surface area contributed by atoms with Crippen molar-refractivity contribution < 1.29 is 9.59 Å². The molecule has 118 valence electrons. The van der Waals surface area contributed by atoms with Crippen molar-refractivity contribution in [1.29, 1.82) is 0 Å². The van der Waals surface area contributed by atoms with E-state index < -0.39 is 0 Å². The number of carbonyl (C=O) groups is 2. The van der Waals surface area contributed by atoms with Crippen LogP contribution in [-0.2, 0) is 4.79 Å². The summed E-state index contributed by atoms with van der Waals surface area (Å²) in [6.45, 7) is 0. The summed E-state index contributed by atoms with van der Waals surface area (Å²) in [4.78, 5) is 23.8. The lowest BCUT2D eigenvalue weighted by atomic mass is 9.96. The average Bonchev–Trinajstić information content (AvgIpc) is 3.35. The van der Waals surface area contributed by atoms with Crippen molar-refractivity contribution in [1.82, 2.24) is 16.2 Å². The lowest BCUT2D eigenvalue weighted by Gasteiger charge is -2.22. The molecule has 22 heavy (non-hydrogen) atoms. The summed E-state index contributed by atoms with van der Waals surface area (Å²) in [5, 5.41) is 2.91. The van der Waals surface area contributed by atoms with Gasteiger partial charge in [-0.1, -0.05) is 49.6 Å². The molecule has 5 nitrogen and oxygen atoms in total. The van der Waals surface area contributed by atoms with Gasteiger partial charge in [0.2, 0.25) is 5.91 Å². The molecule has 0 spiro atoms. The quantitative estimate of drug-likeness (QED) is 0.751. The Morgan fingerprint density at radius 3 is 2.41 bits per heavy atom. The van der Waals surface area contributed by atoms with E-state index in [0.717, 1.165) is 32.1 Å². The van der Waals surface area contributed by atoms with Crippen molar-refractivity contribution in [2.24, 2.45) is 5.92 Å².